The fourth-order valence-corrected chi connectivity index (χ4v) is 4.07. The van der Waals surface area contributed by atoms with Crippen LogP contribution in [0.2, 0.25) is 0 Å². The molecular formula is C12H23ClS. The molecule has 0 nitrogen and oxygen atoms in total. The minimum absolute atomic E-state index is 0.454. The predicted octanol–water partition coefficient (Wildman–Crippen LogP) is 4.56. The van der Waals surface area contributed by atoms with E-state index in [1.165, 1.54) is 43.6 Å². The predicted molar refractivity (Wildman–Crippen MR) is 68.4 cm³/mol. The average Bonchev–Trinajstić information content (AvgIpc) is 2.59. The van der Waals surface area contributed by atoms with Crippen molar-refractivity contribution in [3.8, 4) is 0 Å². The van der Waals surface area contributed by atoms with E-state index in [1.807, 2.05) is 11.8 Å². The van der Waals surface area contributed by atoms with Crippen molar-refractivity contribution in [2.45, 2.75) is 51.3 Å². The molecule has 1 heterocycles. The monoisotopic (exact) mass is 234 g/mol. The zero-order valence-electron chi connectivity index (χ0n) is 9.47. The second kappa shape index (κ2) is 7.00. The van der Waals surface area contributed by atoms with Gasteiger partial charge in [0.25, 0.3) is 0 Å². The van der Waals surface area contributed by atoms with Crippen LogP contribution in [0.4, 0.5) is 0 Å². The van der Waals surface area contributed by atoms with Crippen LogP contribution in [0.3, 0.4) is 0 Å². The van der Waals surface area contributed by atoms with E-state index < -0.39 is 0 Å². The number of hydrogen-bond donors (Lipinski definition) is 0. The first-order chi connectivity index (χ1) is 6.77. The smallest absolute Gasteiger partial charge is 0.0462 e. The zero-order valence-corrected chi connectivity index (χ0v) is 11.0. The number of hydrogen-bond acceptors (Lipinski definition) is 1. The lowest BCUT2D eigenvalue weighted by atomic mass is 9.88. The van der Waals surface area contributed by atoms with E-state index in [-0.39, 0.29) is 0 Å². The Bertz CT molecular complexity index is 149. The molecule has 1 aliphatic heterocycles. The van der Waals surface area contributed by atoms with Crippen LogP contribution in [0.1, 0.15) is 46.0 Å². The van der Waals surface area contributed by atoms with E-state index in [4.69, 9.17) is 11.6 Å². The molecule has 1 rings (SSSR count). The maximum absolute atomic E-state index is 6.29. The molecule has 0 aromatic rings. The van der Waals surface area contributed by atoms with Gasteiger partial charge in [-0.3, -0.25) is 0 Å². The number of rotatable bonds is 6. The van der Waals surface area contributed by atoms with Gasteiger partial charge >= 0.3 is 0 Å². The molecule has 0 amide bonds. The summed E-state index contributed by atoms with van der Waals surface area (Å²) in [6.07, 6.45) is 6.85. The molecule has 1 aliphatic rings. The summed E-state index contributed by atoms with van der Waals surface area (Å²) in [5.74, 6) is 4.20. The third-order valence-electron chi connectivity index (χ3n) is 3.30. The molecule has 0 aromatic heterocycles. The van der Waals surface area contributed by atoms with Crippen molar-refractivity contribution in [3.05, 3.63) is 0 Å². The van der Waals surface area contributed by atoms with Crippen molar-refractivity contribution in [3.63, 3.8) is 0 Å². The van der Waals surface area contributed by atoms with Crippen LogP contribution in [0.5, 0.6) is 0 Å². The van der Waals surface area contributed by atoms with Crippen molar-refractivity contribution in [2.75, 3.05) is 11.5 Å². The minimum Gasteiger partial charge on any atom is -0.160 e. The van der Waals surface area contributed by atoms with Gasteiger partial charge in [0, 0.05) is 11.1 Å². The van der Waals surface area contributed by atoms with Crippen molar-refractivity contribution in [1.29, 1.82) is 0 Å². The van der Waals surface area contributed by atoms with Crippen LogP contribution < -0.4 is 0 Å². The van der Waals surface area contributed by atoms with E-state index in [1.54, 1.807) is 0 Å². The van der Waals surface area contributed by atoms with Crippen LogP contribution in [0, 0.1) is 11.8 Å². The number of unbranched alkanes of at least 4 members (excludes halogenated alkanes) is 1. The highest BCUT2D eigenvalue weighted by atomic mass is 35.5. The molecule has 1 fully saturated rings. The van der Waals surface area contributed by atoms with Gasteiger partial charge in [0.15, 0.2) is 0 Å². The molecule has 0 N–H and O–H groups in total. The highest BCUT2D eigenvalue weighted by molar-refractivity contribution is 7.99. The topological polar surface area (TPSA) is 0 Å². The molecule has 0 radical (unpaired) electrons. The van der Waals surface area contributed by atoms with E-state index in [2.05, 4.69) is 13.8 Å². The second-order valence-corrected chi connectivity index (χ2v) is 6.10. The highest BCUT2D eigenvalue weighted by Gasteiger charge is 2.27. The van der Waals surface area contributed by atoms with Gasteiger partial charge in [-0.05, 0) is 24.0 Å². The normalized spacial score (nSPS) is 29.4. The standard InChI is InChI=1S/C12H23ClS/c1-3-5-6-10(4-2)7-11-8-14-9-12(11)13/h10-12H,3-9H2,1-2H3. The quantitative estimate of drug-likeness (QED) is 0.607. The van der Waals surface area contributed by atoms with Crippen LogP contribution in [-0.2, 0) is 0 Å². The molecule has 0 bridgehead atoms. The Morgan fingerprint density at radius 1 is 1.36 bits per heavy atom. The van der Waals surface area contributed by atoms with Crippen LogP contribution in [0.15, 0.2) is 0 Å². The molecular weight excluding hydrogens is 212 g/mol. The van der Waals surface area contributed by atoms with Crippen LogP contribution >= 0.6 is 23.4 Å². The Morgan fingerprint density at radius 2 is 2.14 bits per heavy atom. The van der Waals surface area contributed by atoms with Gasteiger partial charge in [-0.15, -0.1) is 11.6 Å². The Labute approximate surface area is 98.2 Å². The molecule has 0 saturated carbocycles. The van der Waals surface area contributed by atoms with Gasteiger partial charge in [0.1, 0.15) is 0 Å². The Kier molecular flexibility index (Phi) is 6.36. The first kappa shape index (κ1) is 12.7. The zero-order chi connectivity index (χ0) is 10.4. The highest BCUT2D eigenvalue weighted by Crippen LogP contribution is 2.34. The van der Waals surface area contributed by atoms with Crippen molar-refractivity contribution in [2.24, 2.45) is 11.8 Å². The minimum atomic E-state index is 0.454. The summed E-state index contributed by atoms with van der Waals surface area (Å²) in [5.41, 5.74) is 0. The van der Waals surface area contributed by atoms with Gasteiger partial charge < -0.3 is 0 Å². The maximum atomic E-state index is 6.29. The van der Waals surface area contributed by atoms with E-state index in [0.717, 1.165) is 11.8 Å². The van der Waals surface area contributed by atoms with E-state index >= 15 is 0 Å². The Hall–Kier alpha value is 0.640. The lowest BCUT2D eigenvalue weighted by molar-refractivity contribution is 0.358. The van der Waals surface area contributed by atoms with E-state index in [9.17, 15) is 0 Å². The largest absolute Gasteiger partial charge is 0.160 e. The third kappa shape index (κ3) is 4.02. The fraction of sp³-hybridized carbons (Fsp3) is 1.00. The first-order valence-electron chi connectivity index (χ1n) is 5.99. The summed E-state index contributed by atoms with van der Waals surface area (Å²) >= 11 is 8.33. The van der Waals surface area contributed by atoms with Gasteiger partial charge in [-0.25, -0.2) is 0 Å². The molecule has 0 spiro atoms. The molecule has 14 heavy (non-hydrogen) atoms. The number of halogens is 1. The van der Waals surface area contributed by atoms with Crippen molar-refractivity contribution < 1.29 is 0 Å². The lowest BCUT2D eigenvalue weighted by Crippen LogP contribution is -2.16. The van der Waals surface area contributed by atoms with Gasteiger partial charge in [0.2, 0.25) is 0 Å². The number of thioether (sulfide) groups is 1. The summed E-state index contributed by atoms with van der Waals surface area (Å²) in [5, 5.41) is 0.454. The van der Waals surface area contributed by atoms with Crippen LogP contribution in [0.25, 0.3) is 0 Å². The molecule has 84 valence electrons. The molecule has 3 unspecified atom stereocenters. The summed E-state index contributed by atoms with van der Waals surface area (Å²) < 4.78 is 0. The van der Waals surface area contributed by atoms with Crippen molar-refractivity contribution in [1.82, 2.24) is 0 Å². The van der Waals surface area contributed by atoms with Gasteiger partial charge in [-0.2, -0.15) is 11.8 Å². The molecule has 2 heteroatoms. The van der Waals surface area contributed by atoms with E-state index in [0.29, 0.717) is 5.38 Å². The molecule has 0 aliphatic carbocycles. The molecule has 3 atom stereocenters. The number of alkyl halides is 1. The SMILES string of the molecule is CCCCC(CC)CC1CSCC1Cl. The van der Waals surface area contributed by atoms with Gasteiger partial charge in [-0.1, -0.05) is 39.5 Å². The lowest BCUT2D eigenvalue weighted by Gasteiger charge is -2.20. The summed E-state index contributed by atoms with van der Waals surface area (Å²) in [6.45, 7) is 4.61. The molecule has 1 saturated heterocycles. The van der Waals surface area contributed by atoms with Gasteiger partial charge in [0.05, 0.1) is 0 Å². The van der Waals surface area contributed by atoms with Crippen molar-refractivity contribution >= 4 is 23.4 Å². The average molecular weight is 235 g/mol. The third-order valence-corrected chi connectivity index (χ3v) is 5.25. The summed E-state index contributed by atoms with van der Waals surface area (Å²) in [6, 6.07) is 0. The Morgan fingerprint density at radius 3 is 2.64 bits per heavy atom. The maximum Gasteiger partial charge on any atom is 0.0462 e. The fourth-order valence-electron chi connectivity index (χ4n) is 2.20. The van der Waals surface area contributed by atoms with Crippen LogP contribution in [-0.4, -0.2) is 16.9 Å². The second-order valence-electron chi connectivity index (χ2n) is 4.47. The Balaban J connectivity index is 2.24. The summed E-state index contributed by atoms with van der Waals surface area (Å²) in [4.78, 5) is 0. The summed E-state index contributed by atoms with van der Waals surface area (Å²) in [7, 11) is 0. The molecule has 0 aromatic carbocycles. The first-order valence-corrected chi connectivity index (χ1v) is 7.58.